The van der Waals surface area contributed by atoms with Crippen LogP contribution in [0.2, 0.25) is 15.2 Å². The standard InChI is InChI=1S/C17H16Cl3N5O2/c1-17(2,3)27-16(26)24(8-10-4-5-11(18)6-12(10)19)14-7-13(20)23-15-21-9-22-25(14)15/h4-7,9H,8H2,1-3H3. The van der Waals surface area contributed by atoms with Crippen LogP contribution in [0.1, 0.15) is 26.3 Å². The van der Waals surface area contributed by atoms with Crippen molar-refractivity contribution >= 4 is 52.5 Å². The Morgan fingerprint density at radius 2 is 1.96 bits per heavy atom. The van der Waals surface area contributed by atoms with Gasteiger partial charge in [-0.3, -0.25) is 4.90 Å². The maximum absolute atomic E-state index is 12.9. The van der Waals surface area contributed by atoms with Crippen molar-refractivity contribution in [3.8, 4) is 0 Å². The maximum Gasteiger partial charge on any atom is 0.416 e. The number of anilines is 1. The van der Waals surface area contributed by atoms with Crippen molar-refractivity contribution in [2.24, 2.45) is 0 Å². The van der Waals surface area contributed by atoms with Gasteiger partial charge in [-0.1, -0.05) is 40.9 Å². The molecule has 3 aromatic rings. The molecule has 0 radical (unpaired) electrons. The van der Waals surface area contributed by atoms with E-state index in [4.69, 9.17) is 39.5 Å². The summed E-state index contributed by atoms with van der Waals surface area (Å²) in [5.41, 5.74) is -0.0228. The molecule has 10 heteroatoms. The Morgan fingerprint density at radius 1 is 1.22 bits per heavy atom. The largest absolute Gasteiger partial charge is 0.443 e. The summed E-state index contributed by atoms with van der Waals surface area (Å²) in [6, 6.07) is 6.55. The van der Waals surface area contributed by atoms with Crippen molar-refractivity contribution in [3.05, 3.63) is 51.4 Å². The van der Waals surface area contributed by atoms with Crippen LogP contribution in [0, 0.1) is 0 Å². The molecule has 142 valence electrons. The lowest BCUT2D eigenvalue weighted by molar-refractivity contribution is 0.0575. The summed E-state index contributed by atoms with van der Waals surface area (Å²) in [7, 11) is 0. The van der Waals surface area contributed by atoms with E-state index in [1.807, 2.05) is 0 Å². The Hall–Kier alpha value is -2.09. The number of carbonyl (C=O) groups excluding carboxylic acids is 1. The van der Waals surface area contributed by atoms with Crippen molar-refractivity contribution in [3.63, 3.8) is 0 Å². The van der Waals surface area contributed by atoms with Crippen LogP contribution in [0.4, 0.5) is 10.6 Å². The fourth-order valence-electron chi connectivity index (χ4n) is 2.34. The third-order valence-corrected chi connectivity index (χ3v) is 4.22. The lowest BCUT2D eigenvalue weighted by atomic mass is 10.2. The molecule has 0 N–H and O–H groups in total. The van der Waals surface area contributed by atoms with Crippen LogP contribution in [-0.4, -0.2) is 31.3 Å². The number of amides is 1. The van der Waals surface area contributed by atoms with Gasteiger partial charge < -0.3 is 4.74 Å². The van der Waals surface area contributed by atoms with Crippen LogP contribution in [0.3, 0.4) is 0 Å². The summed E-state index contributed by atoms with van der Waals surface area (Å²) in [4.78, 5) is 22.4. The molecule has 0 atom stereocenters. The first-order valence-electron chi connectivity index (χ1n) is 7.95. The summed E-state index contributed by atoms with van der Waals surface area (Å²) in [6.07, 6.45) is 0.734. The molecule has 0 bridgehead atoms. The highest BCUT2D eigenvalue weighted by Crippen LogP contribution is 2.27. The normalized spacial score (nSPS) is 11.6. The van der Waals surface area contributed by atoms with E-state index in [1.54, 1.807) is 39.0 Å². The van der Waals surface area contributed by atoms with Crippen LogP contribution in [0.5, 0.6) is 0 Å². The molecule has 1 amide bonds. The Morgan fingerprint density at radius 3 is 2.63 bits per heavy atom. The molecule has 2 heterocycles. The van der Waals surface area contributed by atoms with Crippen molar-refractivity contribution < 1.29 is 9.53 Å². The lowest BCUT2D eigenvalue weighted by Crippen LogP contribution is -2.37. The van der Waals surface area contributed by atoms with Crippen LogP contribution >= 0.6 is 34.8 Å². The second kappa shape index (κ2) is 7.50. The monoisotopic (exact) mass is 427 g/mol. The highest BCUT2D eigenvalue weighted by molar-refractivity contribution is 6.35. The first kappa shape index (κ1) is 19.7. The Labute approximate surface area is 170 Å². The van der Waals surface area contributed by atoms with E-state index in [2.05, 4.69) is 15.1 Å². The predicted octanol–water partition coefficient (Wildman–Crippen LogP) is 5.03. The Bertz CT molecular complexity index is 1000. The SMILES string of the molecule is CC(C)(C)OC(=O)N(Cc1ccc(Cl)cc1Cl)c1cc(Cl)nc2ncnn12. The first-order valence-corrected chi connectivity index (χ1v) is 9.08. The molecule has 0 spiro atoms. The molecule has 0 aliphatic heterocycles. The van der Waals surface area contributed by atoms with Crippen LogP contribution in [0.25, 0.3) is 5.78 Å². The third-order valence-electron chi connectivity index (χ3n) is 3.44. The van der Waals surface area contributed by atoms with Crippen molar-refractivity contribution in [1.29, 1.82) is 0 Å². The van der Waals surface area contributed by atoms with Gasteiger partial charge in [-0.05, 0) is 38.5 Å². The maximum atomic E-state index is 12.9. The number of aromatic nitrogens is 4. The van der Waals surface area contributed by atoms with Gasteiger partial charge in [0.25, 0.3) is 5.78 Å². The average molecular weight is 429 g/mol. The van der Waals surface area contributed by atoms with E-state index >= 15 is 0 Å². The molecular weight excluding hydrogens is 413 g/mol. The zero-order valence-electron chi connectivity index (χ0n) is 14.8. The second-order valence-corrected chi connectivity index (χ2v) is 7.94. The molecule has 2 aromatic heterocycles. The molecule has 0 aliphatic rings. The molecule has 0 aliphatic carbocycles. The Balaban J connectivity index is 2.09. The van der Waals surface area contributed by atoms with E-state index < -0.39 is 11.7 Å². The minimum Gasteiger partial charge on any atom is -0.443 e. The molecule has 1 aromatic carbocycles. The number of hydrogen-bond donors (Lipinski definition) is 0. The van der Waals surface area contributed by atoms with E-state index in [0.29, 0.717) is 21.4 Å². The van der Waals surface area contributed by atoms with Gasteiger partial charge in [0.15, 0.2) is 0 Å². The van der Waals surface area contributed by atoms with Crippen LogP contribution in [0.15, 0.2) is 30.6 Å². The highest BCUT2D eigenvalue weighted by Gasteiger charge is 2.27. The number of carbonyl (C=O) groups is 1. The van der Waals surface area contributed by atoms with Gasteiger partial charge in [-0.15, -0.1) is 0 Å². The lowest BCUT2D eigenvalue weighted by Gasteiger charge is -2.27. The first-order chi connectivity index (χ1) is 12.6. The van der Waals surface area contributed by atoms with E-state index in [1.165, 1.54) is 21.8 Å². The third kappa shape index (κ3) is 4.61. The van der Waals surface area contributed by atoms with Gasteiger partial charge in [0.1, 0.15) is 22.9 Å². The fraction of sp³-hybridized carbons (Fsp3) is 0.294. The summed E-state index contributed by atoms with van der Waals surface area (Å²) in [6.45, 7) is 5.45. The number of fused-ring (bicyclic) bond motifs is 1. The topological polar surface area (TPSA) is 72.6 Å². The molecule has 0 saturated carbocycles. The smallest absolute Gasteiger partial charge is 0.416 e. The number of nitrogens with zero attached hydrogens (tertiary/aromatic N) is 5. The molecule has 3 rings (SSSR count). The summed E-state index contributed by atoms with van der Waals surface area (Å²) in [5.74, 6) is 0.607. The minimum atomic E-state index is -0.697. The predicted molar refractivity (Wildman–Crippen MR) is 105 cm³/mol. The summed E-state index contributed by atoms with van der Waals surface area (Å²) < 4.78 is 6.95. The number of hydrogen-bond acceptors (Lipinski definition) is 5. The van der Waals surface area contributed by atoms with E-state index in [0.717, 1.165) is 0 Å². The number of rotatable bonds is 3. The van der Waals surface area contributed by atoms with Gasteiger partial charge >= 0.3 is 6.09 Å². The van der Waals surface area contributed by atoms with E-state index in [9.17, 15) is 4.79 Å². The quantitative estimate of drug-likeness (QED) is 0.547. The summed E-state index contributed by atoms with van der Waals surface area (Å²) in [5, 5.41) is 5.21. The van der Waals surface area contributed by atoms with Crippen LogP contribution in [-0.2, 0) is 11.3 Å². The zero-order valence-corrected chi connectivity index (χ0v) is 17.0. The highest BCUT2D eigenvalue weighted by atomic mass is 35.5. The van der Waals surface area contributed by atoms with Gasteiger partial charge in [0.05, 0.1) is 6.54 Å². The molecule has 0 fully saturated rings. The molecule has 27 heavy (non-hydrogen) atoms. The van der Waals surface area contributed by atoms with Gasteiger partial charge in [0, 0.05) is 16.1 Å². The van der Waals surface area contributed by atoms with E-state index in [-0.39, 0.29) is 17.5 Å². The molecular formula is C17H16Cl3N5O2. The average Bonchev–Trinajstić information content (AvgIpc) is 3.00. The van der Waals surface area contributed by atoms with Crippen molar-refractivity contribution in [2.75, 3.05) is 4.90 Å². The van der Waals surface area contributed by atoms with Crippen molar-refractivity contribution in [1.82, 2.24) is 19.6 Å². The zero-order chi connectivity index (χ0) is 19.8. The fourth-order valence-corrected chi connectivity index (χ4v) is 2.98. The van der Waals surface area contributed by atoms with Crippen molar-refractivity contribution in [2.45, 2.75) is 32.9 Å². The number of halogens is 3. The Kier molecular flexibility index (Phi) is 5.46. The number of ether oxygens (including phenoxy) is 1. The van der Waals surface area contributed by atoms with Gasteiger partial charge in [-0.2, -0.15) is 19.6 Å². The van der Waals surface area contributed by atoms with Gasteiger partial charge in [-0.25, -0.2) is 4.79 Å². The molecule has 0 saturated heterocycles. The minimum absolute atomic E-state index is 0.111. The molecule has 7 nitrogen and oxygen atoms in total. The second-order valence-electron chi connectivity index (χ2n) is 6.71. The summed E-state index contributed by atoms with van der Waals surface area (Å²) >= 11 is 18.4. The molecule has 0 unspecified atom stereocenters. The van der Waals surface area contributed by atoms with Gasteiger partial charge in [0.2, 0.25) is 0 Å². The number of benzene rings is 1. The van der Waals surface area contributed by atoms with Crippen LogP contribution < -0.4 is 4.90 Å².